The van der Waals surface area contributed by atoms with E-state index in [4.69, 9.17) is 9.47 Å². The smallest absolute Gasteiger partial charge is 0.337 e. The van der Waals surface area contributed by atoms with Crippen molar-refractivity contribution in [3.8, 4) is 0 Å². The number of rotatable bonds is 9. The molecule has 27 heavy (non-hydrogen) atoms. The molecular formula is C22H38O5. The van der Waals surface area contributed by atoms with E-state index >= 15 is 0 Å². The third kappa shape index (κ3) is 7.76. The molecule has 5 nitrogen and oxygen atoms in total. The first-order valence-electron chi connectivity index (χ1n) is 9.79. The molecule has 1 fully saturated rings. The minimum absolute atomic E-state index is 0.0954. The standard InChI is InChI=1S/C22H38O5/c1-16(12-13-18-20(3,4)27-21(5,6)26-18)10-9-11-17(2)14-15-22(7,24)19(23)25-8/h10,14,18,24H,9,11-13,15H2,1-8H3/b16-10-,17-14+/t18?,22-/m1/s1. The molecule has 1 N–H and O–H groups in total. The molecule has 1 aliphatic heterocycles. The second-order valence-corrected chi connectivity index (χ2v) is 8.86. The zero-order valence-corrected chi connectivity index (χ0v) is 18.3. The van der Waals surface area contributed by atoms with Gasteiger partial charge in [-0.15, -0.1) is 0 Å². The summed E-state index contributed by atoms with van der Waals surface area (Å²) in [6.07, 6.45) is 8.28. The lowest BCUT2D eigenvalue weighted by atomic mass is 9.95. The lowest BCUT2D eigenvalue weighted by Gasteiger charge is -2.24. The van der Waals surface area contributed by atoms with Crippen LogP contribution in [-0.4, -0.2) is 41.3 Å². The highest BCUT2D eigenvalue weighted by Crippen LogP contribution is 2.38. The summed E-state index contributed by atoms with van der Waals surface area (Å²) < 4.78 is 16.6. The summed E-state index contributed by atoms with van der Waals surface area (Å²) in [4.78, 5) is 11.5. The van der Waals surface area contributed by atoms with Gasteiger partial charge < -0.3 is 19.3 Å². The van der Waals surface area contributed by atoms with E-state index in [-0.39, 0.29) is 18.1 Å². The van der Waals surface area contributed by atoms with E-state index in [0.717, 1.165) is 31.3 Å². The Morgan fingerprint density at radius 3 is 2.26 bits per heavy atom. The van der Waals surface area contributed by atoms with E-state index in [2.05, 4.69) is 31.6 Å². The fourth-order valence-corrected chi connectivity index (χ4v) is 3.40. The van der Waals surface area contributed by atoms with Crippen LogP contribution in [-0.2, 0) is 19.0 Å². The number of methoxy groups -OCH3 is 1. The molecule has 0 aliphatic carbocycles. The van der Waals surface area contributed by atoms with Crippen LogP contribution >= 0.6 is 0 Å². The molecule has 156 valence electrons. The number of aliphatic hydroxyl groups is 1. The van der Waals surface area contributed by atoms with Gasteiger partial charge in [-0.05, 0) is 74.1 Å². The van der Waals surface area contributed by atoms with Crippen LogP contribution in [0.4, 0.5) is 0 Å². The Bertz CT molecular complexity index is 569. The van der Waals surface area contributed by atoms with Gasteiger partial charge in [-0.1, -0.05) is 23.3 Å². The second-order valence-electron chi connectivity index (χ2n) is 8.86. The Morgan fingerprint density at radius 2 is 1.74 bits per heavy atom. The van der Waals surface area contributed by atoms with Crippen LogP contribution in [0.25, 0.3) is 0 Å². The monoisotopic (exact) mass is 382 g/mol. The molecular weight excluding hydrogens is 344 g/mol. The van der Waals surface area contributed by atoms with Gasteiger partial charge in [0.05, 0.1) is 18.8 Å². The quantitative estimate of drug-likeness (QED) is 0.463. The number of carbonyl (C=O) groups excluding carboxylic acids is 1. The van der Waals surface area contributed by atoms with E-state index in [9.17, 15) is 9.90 Å². The van der Waals surface area contributed by atoms with Gasteiger partial charge in [0, 0.05) is 6.42 Å². The maximum absolute atomic E-state index is 11.5. The summed E-state index contributed by atoms with van der Waals surface area (Å²) >= 11 is 0. The molecule has 0 aromatic heterocycles. The molecule has 0 spiro atoms. The minimum Gasteiger partial charge on any atom is -0.467 e. The van der Waals surface area contributed by atoms with Crippen LogP contribution in [0.1, 0.15) is 80.6 Å². The molecule has 0 aromatic rings. The van der Waals surface area contributed by atoms with Gasteiger partial charge >= 0.3 is 5.97 Å². The van der Waals surface area contributed by atoms with Crippen molar-refractivity contribution in [1.82, 2.24) is 0 Å². The Hall–Kier alpha value is -1.17. The molecule has 0 amide bonds. The van der Waals surface area contributed by atoms with Crippen LogP contribution in [0.3, 0.4) is 0 Å². The zero-order chi connectivity index (χ0) is 20.9. The van der Waals surface area contributed by atoms with Crippen LogP contribution in [0, 0.1) is 0 Å². The van der Waals surface area contributed by atoms with Crippen molar-refractivity contribution in [3.63, 3.8) is 0 Å². The first-order chi connectivity index (χ1) is 12.3. The molecule has 5 heteroatoms. The highest BCUT2D eigenvalue weighted by molar-refractivity contribution is 5.78. The maximum Gasteiger partial charge on any atom is 0.337 e. The van der Waals surface area contributed by atoms with Gasteiger partial charge in [-0.25, -0.2) is 4.79 Å². The van der Waals surface area contributed by atoms with Crippen molar-refractivity contribution in [2.24, 2.45) is 0 Å². The van der Waals surface area contributed by atoms with Crippen molar-refractivity contribution in [3.05, 3.63) is 23.3 Å². The van der Waals surface area contributed by atoms with Crippen molar-refractivity contribution in [1.29, 1.82) is 0 Å². The Kier molecular flexibility index (Phi) is 8.27. The molecule has 2 atom stereocenters. The predicted octanol–water partition coefficient (Wildman–Crippen LogP) is 4.68. The fraction of sp³-hybridized carbons (Fsp3) is 0.773. The SMILES string of the molecule is COC(=O)[C@](C)(O)C/C=C(\C)CC/C=C(/C)CCC1OC(C)(C)OC1(C)C. The van der Waals surface area contributed by atoms with Crippen LogP contribution in [0.15, 0.2) is 23.3 Å². The van der Waals surface area contributed by atoms with E-state index in [1.165, 1.54) is 19.6 Å². The Balaban J connectivity index is 2.42. The summed E-state index contributed by atoms with van der Waals surface area (Å²) in [7, 11) is 1.28. The summed E-state index contributed by atoms with van der Waals surface area (Å²) in [5.41, 5.74) is 0.762. The van der Waals surface area contributed by atoms with Crippen LogP contribution in [0.5, 0.6) is 0 Å². The van der Waals surface area contributed by atoms with Crippen molar-refractivity contribution in [2.75, 3.05) is 7.11 Å². The molecule has 1 rings (SSSR count). The third-order valence-corrected chi connectivity index (χ3v) is 5.02. The number of hydrogen-bond acceptors (Lipinski definition) is 5. The predicted molar refractivity (Wildman–Crippen MR) is 107 cm³/mol. The minimum atomic E-state index is -1.47. The summed E-state index contributed by atoms with van der Waals surface area (Å²) in [6, 6.07) is 0. The van der Waals surface area contributed by atoms with Gasteiger partial charge in [0.2, 0.25) is 0 Å². The average molecular weight is 383 g/mol. The number of esters is 1. The second kappa shape index (κ2) is 9.35. The number of allylic oxidation sites excluding steroid dienone is 3. The number of hydrogen-bond donors (Lipinski definition) is 1. The fourth-order valence-electron chi connectivity index (χ4n) is 3.40. The van der Waals surface area contributed by atoms with Gasteiger partial charge in [0.1, 0.15) is 0 Å². The van der Waals surface area contributed by atoms with Crippen molar-refractivity contribution < 1.29 is 24.1 Å². The molecule has 1 saturated heterocycles. The van der Waals surface area contributed by atoms with Crippen LogP contribution in [0.2, 0.25) is 0 Å². The van der Waals surface area contributed by atoms with E-state index in [1.54, 1.807) is 0 Å². The normalized spacial score (nSPS) is 24.6. The molecule has 0 radical (unpaired) electrons. The van der Waals surface area contributed by atoms with Gasteiger partial charge in [0.15, 0.2) is 11.4 Å². The lowest BCUT2D eigenvalue weighted by molar-refractivity contribution is -0.160. The van der Waals surface area contributed by atoms with E-state index in [1.807, 2.05) is 26.8 Å². The van der Waals surface area contributed by atoms with E-state index in [0.29, 0.717) is 0 Å². The molecule has 0 saturated carbocycles. The first kappa shape index (κ1) is 23.9. The van der Waals surface area contributed by atoms with Crippen molar-refractivity contribution in [2.45, 2.75) is 104 Å². The third-order valence-electron chi connectivity index (χ3n) is 5.02. The molecule has 0 bridgehead atoms. The average Bonchev–Trinajstić information content (AvgIpc) is 2.76. The topological polar surface area (TPSA) is 65.0 Å². The largest absolute Gasteiger partial charge is 0.467 e. The van der Waals surface area contributed by atoms with E-state index < -0.39 is 17.4 Å². The van der Waals surface area contributed by atoms with Gasteiger partial charge in [-0.3, -0.25) is 0 Å². The Morgan fingerprint density at radius 1 is 1.15 bits per heavy atom. The van der Waals surface area contributed by atoms with Gasteiger partial charge in [-0.2, -0.15) is 0 Å². The van der Waals surface area contributed by atoms with Gasteiger partial charge in [0.25, 0.3) is 0 Å². The first-order valence-corrected chi connectivity index (χ1v) is 9.79. The Labute approximate surface area is 164 Å². The highest BCUT2D eigenvalue weighted by atomic mass is 16.8. The van der Waals surface area contributed by atoms with Crippen molar-refractivity contribution >= 4 is 5.97 Å². The summed E-state index contributed by atoms with van der Waals surface area (Å²) in [5.74, 6) is -1.12. The van der Waals surface area contributed by atoms with Crippen LogP contribution < -0.4 is 0 Å². The highest BCUT2D eigenvalue weighted by Gasteiger charge is 2.46. The number of carbonyl (C=O) groups is 1. The molecule has 0 aromatic carbocycles. The molecule has 1 heterocycles. The number of ether oxygens (including phenoxy) is 3. The maximum atomic E-state index is 11.5. The molecule has 1 unspecified atom stereocenters. The zero-order valence-electron chi connectivity index (χ0n) is 18.3. The summed E-state index contributed by atoms with van der Waals surface area (Å²) in [5, 5.41) is 10.0. The molecule has 1 aliphatic rings. The lowest BCUT2D eigenvalue weighted by Crippen LogP contribution is -2.35. The summed E-state index contributed by atoms with van der Waals surface area (Å²) in [6.45, 7) is 13.7.